The molecule has 0 aliphatic carbocycles. The molecular formula is C18H17F2NO4S. The van der Waals surface area contributed by atoms with E-state index in [9.17, 15) is 18.4 Å². The maximum atomic E-state index is 12.3. The Bertz CT molecular complexity index is 768. The topological polar surface area (TPSA) is 64.6 Å². The minimum Gasteiger partial charge on any atom is -0.481 e. The van der Waals surface area contributed by atoms with Crippen LogP contribution in [0.15, 0.2) is 53.4 Å². The standard InChI is InChI=1S/C18H17F2NO4S/c1-11(25-14-5-3-4-12(10-14)17(23)24-2)16(22)21-13-6-8-15(9-7-13)26-18(19)20/h3-11,18H,1-2H3,(H,21,22)/t11-/m0/s1. The fourth-order valence-electron chi connectivity index (χ4n) is 2.04. The molecule has 2 rings (SSSR count). The number of rotatable bonds is 7. The van der Waals surface area contributed by atoms with Crippen molar-refractivity contribution in [2.45, 2.75) is 23.7 Å². The summed E-state index contributed by atoms with van der Waals surface area (Å²) in [5.41, 5.74) is 0.775. The Morgan fingerprint density at radius 3 is 2.42 bits per heavy atom. The molecule has 8 heteroatoms. The molecule has 1 N–H and O–H groups in total. The quantitative estimate of drug-likeness (QED) is 0.575. The van der Waals surface area contributed by atoms with Crippen LogP contribution in [0.1, 0.15) is 17.3 Å². The van der Waals surface area contributed by atoms with E-state index in [-0.39, 0.29) is 0 Å². The predicted octanol–water partition coefficient (Wildman–Crippen LogP) is 4.19. The highest BCUT2D eigenvalue weighted by Crippen LogP contribution is 2.26. The molecule has 2 aromatic rings. The first-order chi connectivity index (χ1) is 12.4. The third kappa shape index (κ3) is 5.73. The van der Waals surface area contributed by atoms with Crippen molar-refractivity contribution in [1.29, 1.82) is 0 Å². The minimum atomic E-state index is -2.50. The number of alkyl halides is 2. The maximum absolute atomic E-state index is 12.3. The number of hydrogen-bond acceptors (Lipinski definition) is 5. The van der Waals surface area contributed by atoms with E-state index in [1.807, 2.05) is 0 Å². The fraction of sp³-hybridized carbons (Fsp3) is 0.222. The van der Waals surface area contributed by atoms with Crippen LogP contribution in [0.4, 0.5) is 14.5 Å². The Hall–Kier alpha value is -2.61. The largest absolute Gasteiger partial charge is 0.481 e. The monoisotopic (exact) mass is 381 g/mol. The van der Waals surface area contributed by atoms with Crippen molar-refractivity contribution in [2.75, 3.05) is 12.4 Å². The van der Waals surface area contributed by atoms with Gasteiger partial charge in [-0.1, -0.05) is 17.8 Å². The molecule has 1 amide bonds. The van der Waals surface area contributed by atoms with E-state index in [1.54, 1.807) is 25.1 Å². The van der Waals surface area contributed by atoms with Crippen LogP contribution in [0.5, 0.6) is 5.75 Å². The molecule has 1 atom stereocenters. The SMILES string of the molecule is COC(=O)c1cccc(O[C@@H](C)C(=O)Nc2ccc(SC(F)F)cc2)c1. The van der Waals surface area contributed by atoms with Crippen molar-refractivity contribution >= 4 is 29.3 Å². The van der Waals surface area contributed by atoms with E-state index in [2.05, 4.69) is 10.1 Å². The van der Waals surface area contributed by atoms with E-state index in [0.29, 0.717) is 33.7 Å². The Labute approximate surface area is 153 Å². The summed E-state index contributed by atoms with van der Waals surface area (Å²) in [6.07, 6.45) is -0.835. The zero-order chi connectivity index (χ0) is 19.1. The average Bonchev–Trinajstić information content (AvgIpc) is 2.62. The van der Waals surface area contributed by atoms with E-state index in [4.69, 9.17) is 4.74 Å². The van der Waals surface area contributed by atoms with Gasteiger partial charge in [-0.05, 0) is 49.4 Å². The highest BCUT2D eigenvalue weighted by atomic mass is 32.2. The molecule has 0 bridgehead atoms. The molecule has 0 aromatic heterocycles. The number of nitrogens with one attached hydrogen (secondary N) is 1. The summed E-state index contributed by atoms with van der Waals surface area (Å²) in [5.74, 6) is -3.07. The van der Waals surface area contributed by atoms with Gasteiger partial charge in [0.05, 0.1) is 12.7 Å². The lowest BCUT2D eigenvalue weighted by atomic mass is 10.2. The first kappa shape index (κ1) is 19.7. The molecule has 0 heterocycles. The van der Waals surface area contributed by atoms with Crippen LogP contribution in [-0.2, 0) is 9.53 Å². The van der Waals surface area contributed by atoms with Gasteiger partial charge in [-0.15, -0.1) is 0 Å². The summed E-state index contributed by atoms with van der Waals surface area (Å²) in [7, 11) is 1.27. The molecule has 0 spiro atoms. The van der Waals surface area contributed by atoms with Crippen LogP contribution in [0.3, 0.4) is 0 Å². The van der Waals surface area contributed by atoms with Gasteiger partial charge in [-0.25, -0.2) is 4.79 Å². The molecule has 0 aliphatic heterocycles. The van der Waals surface area contributed by atoms with Gasteiger partial charge in [0, 0.05) is 10.6 Å². The predicted molar refractivity (Wildman–Crippen MR) is 94.8 cm³/mol. The minimum absolute atomic E-state index is 0.310. The lowest BCUT2D eigenvalue weighted by molar-refractivity contribution is -0.122. The number of anilines is 1. The average molecular weight is 381 g/mol. The third-order valence-corrected chi connectivity index (χ3v) is 4.01. The zero-order valence-electron chi connectivity index (χ0n) is 14.1. The molecule has 0 aliphatic rings. The third-order valence-electron chi connectivity index (χ3n) is 3.28. The second-order valence-electron chi connectivity index (χ2n) is 5.17. The van der Waals surface area contributed by atoms with Crippen LogP contribution in [0.2, 0.25) is 0 Å². The van der Waals surface area contributed by atoms with Crippen LogP contribution >= 0.6 is 11.8 Å². The first-order valence-corrected chi connectivity index (χ1v) is 8.48. The van der Waals surface area contributed by atoms with Gasteiger partial charge < -0.3 is 14.8 Å². The molecule has 0 unspecified atom stereocenters. The number of carbonyl (C=O) groups is 2. The van der Waals surface area contributed by atoms with Gasteiger partial charge in [-0.2, -0.15) is 8.78 Å². The Balaban J connectivity index is 1.96. The number of esters is 1. The van der Waals surface area contributed by atoms with E-state index in [1.165, 1.54) is 37.4 Å². The van der Waals surface area contributed by atoms with Gasteiger partial charge in [0.2, 0.25) is 0 Å². The highest BCUT2D eigenvalue weighted by Gasteiger charge is 2.16. The van der Waals surface area contributed by atoms with Crippen molar-refractivity contribution in [2.24, 2.45) is 0 Å². The number of carbonyl (C=O) groups excluding carboxylic acids is 2. The first-order valence-electron chi connectivity index (χ1n) is 7.60. The lowest BCUT2D eigenvalue weighted by Crippen LogP contribution is -2.30. The van der Waals surface area contributed by atoms with Gasteiger partial charge in [0.15, 0.2) is 6.10 Å². The number of amides is 1. The van der Waals surface area contributed by atoms with Crippen molar-refractivity contribution in [3.8, 4) is 5.75 Å². The molecule has 138 valence electrons. The molecule has 2 aromatic carbocycles. The molecule has 0 saturated heterocycles. The second kappa shape index (κ2) is 9.19. The number of methoxy groups -OCH3 is 1. The lowest BCUT2D eigenvalue weighted by Gasteiger charge is -2.15. The summed E-state index contributed by atoms with van der Waals surface area (Å²) in [5, 5.41) is 2.64. The van der Waals surface area contributed by atoms with E-state index in [0.717, 1.165) is 0 Å². The normalized spacial score (nSPS) is 11.7. The van der Waals surface area contributed by atoms with E-state index < -0.39 is 23.7 Å². The summed E-state index contributed by atoms with van der Waals surface area (Å²) in [4.78, 5) is 24.1. The summed E-state index contributed by atoms with van der Waals surface area (Å²) >= 11 is 0.431. The van der Waals surface area contributed by atoms with Gasteiger partial charge in [0.25, 0.3) is 11.7 Å². The highest BCUT2D eigenvalue weighted by molar-refractivity contribution is 7.99. The molecule has 0 saturated carbocycles. The van der Waals surface area contributed by atoms with Crippen molar-refractivity contribution in [3.05, 3.63) is 54.1 Å². The zero-order valence-corrected chi connectivity index (χ0v) is 14.9. The smallest absolute Gasteiger partial charge is 0.337 e. The molecular weight excluding hydrogens is 364 g/mol. The second-order valence-corrected chi connectivity index (χ2v) is 6.24. The number of halogens is 2. The van der Waals surface area contributed by atoms with Crippen LogP contribution in [0.25, 0.3) is 0 Å². The Kier molecular flexibility index (Phi) is 6.97. The maximum Gasteiger partial charge on any atom is 0.337 e. The van der Waals surface area contributed by atoms with Crippen molar-refractivity contribution < 1.29 is 27.8 Å². The molecule has 26 heavy (non-hydrogen) atoms. The Morgan fingerprint density at radius 2 is 1.81 bits per heavy atom. The number of ether oxygens (including phenoxy) is 2. The molecule has 0 fully saturated rings. The summed E-state index contributed by atoms with van der Waals surface area (Å²) in [6, 6.07) is 12.3. The fourth-order valence-corrected chi connectivity index (χ4v) is 2.53. The van der Waals surface area contributed by atoms with Gasteiger partial charge >= 0.3 is 5.97 Å². The van der Waals surface area contributed by atoms with Crippen LogP contribution < -0.4 is 10.1 Å². The van der Waals surface area contributed by atoms with Crippen molar-refractivity contribution in [3.63, 3.8) is 0 Å². The Morgan fingerprint density at radius 1 is 1.12 bits per heavy atom. The van der Waals surface area contributed by atoms with Gasteiger partial charge in [-0.3, -0.25) is 4.79 Å². The number of thioether (sulfide) groups is 1. The van der Waals surface area contributed by atoms with Gasteiger partial charge in [0.1, 0.15) is 5.75 Å². The molecule has 5 nitrogen and oxygen atoms in total. The molecule has 0 radical (unpaired) electrons. The van der Waals surface area contributed by atoms with E-state index >= 15 is 0 Å². The number of hydrogen-bond donors (Lipinski definition) is 1. The number of benzene rings is 2. The van der Waals surface area contributed by atoms with Crippen molar-refractivity contribution in [1.82, 2.24) is 0 Å². The van der Waals surface area contributed by atoms with Crippen LogP contribution in [0, 0.1) is 0 Å². The summed E-state index contributed by atoms with van der Waals surface area (Å²) in [6.45, 7) is 1.56. The van der Waals surface area contributed by atoms with Crippen LogP contribution in [-0.4, -0.2) is 30.8 Å². The summed E-state index contributed by atoms with van der Waals surface area (Å²) < 4.78 is 34.8.